The number of para-hydroxylation sites is 1. The third-order valence-corrected chi connectivity index (χ3v) is 6.14. The summed E-state index contributed by atoms with van der Waals surface area (Å²) in [5, 5.41) is 8.45. The Balaban J connectivity index is 1.44. The van der Waals surface area contributed by atoms with Crippen molar-refractivity contribution >= 4 is 33.4 Å². The first kappa shape index (κ1) is 18.7. The monoisotopic (exact) mass is 397 g/mol. The summed E-state index contributed by atoms with van der Waals surface area (Å²) in [4.78, 5) is 25.9. The molecule has 146 valence electrons. The minimum Gasteiger partial charge on any atom is -0.451 e. The molecule has 4 rings (SSSR count). The highest BCUT2D eigenvalue weighted by atomic mass is 32.1. The summed E-state index contributed by atoms with van der Waals surface area (Å²) in [6.45, 7) is 1.68. The first-order chi connectivity index (χ1) is 13.6. The second kappa shape index (κ2) is 8.14. The normalized spacial score (nSPS) is 14.9. The largest absolute Gasteiger partial charge is 0.451 e. The second-order valence-corrected chi connectivity index (χ2v) is 8.17. The van der Waals surface area contributed by atoms with E-state index in [1.807, 2.05) is 41.9 Å². The van der Waals surface area contributed by atoms with Crippen molar-refractivity contribution in [2.45, 2.75) is 45.1 Å². The standard InChI is InChI=1S/C21H23N3O3S/c1-14-17-12-18(28-20(17)24(23-14)16-10-6-3-7-11-16)21(26)27-13-19(25)22-15-8-4-2-5-9-15/h3,6-7,10-12,15H,2,4-5,8-9,13H2,1H3,(H,22,25). The van der Waals surface area contributed by atoms with Crippen LogP contribution in [0.1, 0.15) is 47.5 Å². The summed E-state index contributed by atoms with van der Waals surface area (Å²) in [6, 6.07) is 11.8. The van der Waals surface area contributed by atoms with Gasteiger partial charge >= 0.3 is 5.97 Å². The maximum absolute atomic E-state index is 12.4. The number of hydrogen-bond acceptors (Lipinski definition) is 5. The van der Waals surface area contributed by atoms with E-state index in [9.17, 15) is 9.59 Å². The van der Waals surface area contributed by atoms with Crippen LogP contribution in [0.2, 0.25) is 0 Å². The summed E-state index contributed by atoms with van der Waals surface area (Å²) >= 11 is 1.33. The van der Waals surface area contributed by atoms with Crippen molar-refractivity contribution in [3.05, 3.63) is 47.0 Å². The Labute approximate surface area is 167 Å². The Morgan fingerprint density at radius 1 is 1.21 bits per heavy atom. The van der Waals surface area contributed by atoms with Crippen molar-refractivity contribution < 1.29 is 14.3 Å². The van der Waals surface area contributed by atoms with Gasteiger partial charge in [0.2, 0.25) is 0 Å². The zero-order chi connectivity index (χ0) is 19.5. The Morgan fingerprint density at radius 2 is 1.96 bits per heavy atom. The Hall–Kier alpha value is -2.67. The van der Waals surface area contributed by atoms with Gasteiger partial charge in [-0.1, -0.05) is 37.5 Å². The lowest BCUT2D eigenvalue weighted by atomic mass is 9.95. The molecular formula is C21H23N3O3S. The van der Waals surface area contributed by atoms with Crippen LogP contribution < -0.4 is 5.32 Å². The van der Waals surface area contributed by atoms with Crippen LogP contribution >= 0.6 is 11.3 Å². The first-order valence-corrected chi connectivity index (χ1v) is 10.4. The van der Waals surface area contributed by atoms with E-state index in [2.05, 4.69) is 10.4 Å². The van der Waals surface area contributed by atoms with Crippen molar-refractivity contribution in [3.8, 4) is 5.69 Å². The summed E-state index contributed by atoms with van der Waals surface area (Å²) in [6.07, 6.45) is 5.53. The molecule has 28 heavy (non-hydrogen) atoms. The topological polar surface area (TPSA) is 73.2 Å². The molecule has 3 aromatic rings. The van der Waals surface area contributed by atoms with Gasteiger partial charge in [0.1, 0.15) is 9.71 Å². The molecule has 0 aliphatic heterocycles. The summed E-state index contributed by atoms with van der Waals surface area (Å²) < 4.78 is 7.08. The Morgan fingerprint density at radius 3 is 2.71 bits per heavy atom. The van der Waals surface area contributed by atoms with Crippen molar-refractivity contribution in [3.63, 3.8) is 0 Å². The van der Waals surface area contributed by atoms with Crippen molar-refractivity contribution in [1.29, 1.82) is 0 Å². The number of carbonyl (C=O) groups excluding carboxylic acids is 2. The fourth-order valence-corrected chi connectivity index (χ4v) is 4.69. The molecule has 7 heteroatoms. The maximum atomic E-state index is 12.4. The SMILES string of the molecule is Cc1nn(-c2ccccc2)c2sc(C(=O)OCC(=O)NC3CCCCC3)cc12. The zero-order valence-corrected chi connectivity index (χ0v) is 16.6. The zero-order valence-electron chi connectivity index (χ0n) is 15.8. The van der Waals surface area contributed by atoms with E-state index in [-0.39, 0.29) is 18.6 Å². The molecular weight excluding hydrogens is 374 g/mol. The molecule has 1 saturated carbocycles. The van der Waals surface area contributed by atoms with Gasteiger partial charge in [-0.15, -0.1) is 11.3 Å². The molecule has 1 aliphatic rings. The number of rotatable bonds is 5. The van der Waals surface area contributed by atoms with Crippen LogP contribution in [0.4, 0.5) is 0 Å². The van der Waals surface area contributed by atoms with Crippen LogP contribution in [0.5, 0.6) is 0 Å². The summed E-state index contributed by atoms with van der Waals surface area (Å²) in [5.41, 5.74) is 1.79. The smallest absolute Gasteiger partial charge is 0.348 e. The van der Waals surface area contributed by atoms with Gasteiger partial charge < -0.3 is 10.1 Å². The van der Waals surface area contributed by atoms with Gasteiger partial charge in [-0.2, -0.15) is 5.10 Å². The minimum absolute atomic E-state index is 0.212. The minimum atomic E-state index is -0.473. The Bertz CT molecular complexity index is 987. The predicted molar refractivity (Wildman–Crippen MR) is 109 cm³/mol. The third kappa shape index (κ3) is 3.94. The first-order valence-electron chi connectivity index (χ1n) is 9.63. The highest BCUT2D eigenvalue weighted by Crippen LogP contribution is 2.30. The van der Waals surface area contributed by atoms with Gasteiger partial charge in [0.05, 0.1) is 11.4 Å². The number of fused-ring (bicyclic) bond motifs is 1. The quantitative estimate of drug-likeness (QED) is 0.661. The molecule has 0 spiro atoms. The predicted octanol–water partition coefficient (Wildman–Crippen LogP) is 4.00. The number of nitrogens with one attached hydrogen (secondary N) is 1. The van der Waals surface area contributed by atoms with Crippen molar-refractivity contribution in [2.75, 3.05) is 6.61 Å². The molecule has 1 fully saturated rings. The van der Waals surface area contributed by atoms with E-state index in [4.69, 9.17) is 4.74 Å². The lowest BCUT2D eigenvalue weighted by molar-refractivity contribution is -0.125. The molecule has 0 atom stereocenters. The van der Waals surface area contributed by atoms with Crippen LogP contribution in [0.15, 0.2) is 36.4 Å². The molecule has 2 heterocycles. The van der Waals surface area contributed by atoms with Gasteiger partial charge in [-0.3, -0.25) is 4.79 Å². The van der Waals surface area contributed by atoms with Crippen LogP contribution in [-0.4, -0.2) is 34.3 Å². The molecule has 0 bridgehead atoms. The number of amides is 1. The number of ether oxygens (including phenoxy) is 1. The number of hydrogen-bond donors (Lipinski definition) is 1. The Kier molecular flexibility index (Phi) is 5.43. The van der Waals surface area contributed by atoms with Crippen LogP contribution in [0.3, 0.4) is 0 Å². The highest BCUT2D eigenvalue weighted by Gasteiger charge is 2.20. The number of aromatic nitrogens is 2. The maximum Gasteiger partial charge on any atom is 0.348 e. The van der Waals surface area contributed by atoms with E-state index in [1.165, 1.54) is 17.8 Å². The van der Waals surface area contributed by atoms with E-state index >= 15 is 0 Å². The average Bonchev–Trinajstić information content (AvgIpc) is 3.28. The molecule has 0 radical (unpaired) electrons. The van der Waals surface area contributed by atoms with Gasteiger partial charge in [0, 0.05) is 11.4 Å². The third-order valence-electron chi connectivity index (χ3n) is 5.05. The highest BCUT2D eigenvalue weighted by molar-refractivity contribution is 7.20. The van der Waals surface area contributed by atoms with Gasteiger partial charge in [-0.25, -0.2) is 9.48 Å². The molecule has 1 aliphatic carbocycles. The van der Waals surface area contributed by atoms with Gasteiger partial charge in [0.15, 0.2) is 6.61 Å². The van der Waals surface area contributed by atoms with E-state index in [0.29, 0.717) is 4.88 Å². The number of benzene rings is 1. The van der Waals surface area contributed by atoms with Crippen LogP contribution in [0.25, 0.3) is 15.9 Å². The van der Waals surface area contributed by atoms with E-state index in [0.717, 1.165) is 47.3 Å². The van der Waals surface area contributed by atoms with Crippen molar-refractivity contribution in [2.24, 2.45) is 0 Å². The molecule has 2 aromatic heterocycles. The molecule has 1 N–H and O–H groups in total. The van der Waals surface area contributed by atoms with Crippen molar-refractivity contribution in [1.82, 2.24) is 15.1 Å². The molecule has 1 amide bonds. The summed E-state index contributed by atoms with van der Waals surface area (Å²) in [7, 11) is 0. The second-order valence-electron chi connectivity index (χ2n) is 7.14. The molecule has 0 saturated heterocycles. The van der Waals surface area contributed by atoms with Gasteiger partial charge in [-0.05, 0) is 38.0 Å². The number of carbonyl (C=O) groups is 2. The lowest BCUT2D eigenvalue weighted by Gasteiger charge is -2.22. The average molecular weight is 398 g/mol. The van der Waals surface area contributed by atoms with Crippen LogP contribution in [0, 0.1) is 6.92 Å². The fourth-order valence-electron chi connectivity index (χ4n) is 3.61. The fraction of sp³-hybridized carbons (Fsp3) is 0.381. The lowest BCUT2D eigenvalue weighted by Crippen LogP contribution is -2.38. The molecule has 6 nitrogen and oxygen atoms in total. The number of aryl methyl sites for hydroxylation is 1. The number of thiophene rings is 1. The molecule has 0 unspecified atom stereocenters. The number of esters is 1. The van der Waals surface area contributed by atoms with E-state index < -0.39 is 5.97 Å². The van der Waals surface area contributed by atoms with Crippen LogP contribution in [-0.2, 0) is 9.53 Å². The van der Waals surface area contributed by atoms with Gasteiger partial charge in [0.25, 0.3) is 5.91 Å². The van der Waals surface area contributed by atoms with E-state index in [1.54, 1.807) is 6.07 Å². The molecule has 1 aromatic carbocycles. The number of nitrogens with zero attached hydrogens (tertiary/aromatic N) is 2. The summed E-state index contributed by atoms with van der Waals surface area (Å²) in [5.74, 6) is -0.702.